The molecule has 0 atom stereocenters. The average molecular weight is 393 g/mol. The van der Waals surface area contributed by atoms with Crippen LogP contribution in [0.4, 0.5) is 13.2 Å². The molecule has 3 rings (SSSR count). The summed E-state index contributed by atoms with van der Waals surface area (Å²) in [7, 11) is 3.19. The molecule has 1 heterocycles. The Kier molecular flexibility index (Phi) is 5.82. The lowest BCUT2D eigenvalue weighted by Crippen LogP contribution is -2.42. The first-order valence-electron chi connectivity index (χ1n) is 8.99. The lowest BCUT2D eigenvalue weighted by Gasteiger charge is -2.21. The van der Waals surface area contributed by atoms with Crippen LogP contribution in [0.2, 0.25) is 0 Å². The van der Waals surface area contributed by atoms with E-state index in [2.05, 4.69) is 0 Å². The van der Waals surface area contributed by atoms with Crippen molar-refractivity contribution in [2.24, 2.45) is 0 Å². The summed E-state index contributed by atoms with van der Waals surface area (Å²) in [4.78, 5) is 12.5. The predicted molar refractivity (Wildman–Crippen MR) is 98.8 cm³/mol. The Morgan fingerprint density at radius 3 is 2.14 bits per heavy atom. The van der Waals surface area contributed by atoms with Gasteiger partial charge in [0.15, 0.2) is 0 Å². The Balaban J connectivity index is 1.82. The van der Waals surface area contributed by atoms with Crippen LogP contribution in [0.15, 0.2) is 36.4 Å². The van der Waals surface area contributed by atoms with Gasteiger partial charge < -0.3 is 14.4 Å². The van der Waals surface area contributed by atoms with Gasteiger partial charge in [-0.3, -0.25) is 4.79 Å². The maximum atomic E-state index is 12.8. The number of methoxy groups -OCH3 is 2. The van der Waals surface area contributed by atoms with Gasteiger partial charge in [0.1, 0.15) is 11.5 Å². The van der Waals surface area contributed by atoms with E-state index in [9.17, 15) is 18.0 Å². The van der Waals surface area contributed by atoms with Gasteiger partial charge in [0, 0.05) is 19.5 Å². The van der Waals surface area contributed by atoms with Crippen LogP contribution in [0.25, 0.3) is 0 Å². The van der Waals surface area contributed by atoms with Crippen molar-refractivity contribution in [3.8, 4) is 11.5 Å². The van der Waals surface area contributed by atoms with Crippen molar-refractivity contribution < 1.29 is 27.4 Å². The van der Waals surface area contributed by atoms with E-state index in [1.165, 1.54) is 0 Å². The molecule has 1 aliphatic heterocycles. The van der Waals surface area contributed by atoms with Gasteiger partial charge in [0.25, 0.3) is 0 Å². The fraction of sp³-hybridized carbons (Fsp3) is 0.381. The monoisotopic (exact) mass is 393 g/mol. The lowest BCUT2D eigenvalue weighted by molar-refractivity contribution is -0.185. The highest BCUT2D eigenvalue weighted by atomic mass is 19.4. The van der Waals surface area contributed by atoms with Gasteiger partial charge in [-0.1, -0.05) is 18.2 Å². The first-order valence-corrected chi connectivity index (χ1v) is 8.99. The summed E-state index contributed by atoms with van der Waals surface area (Å²) < 4.78 is 48.9. The summed E-state index contributed by atoms with van der Waals surface area (Å²) in [5.41, 5.74) is 3.91. The van der Waals surface area contributed by atoms with Gasteiger partial charge in [-0.05, 0) is 53.3 Å². The van der Waals surface area contributed by atoms with Gasteiger partial charge in [0.05, 0.1) is 14.2 Å². The minimum atomic E-state index is -4.84. The second-order valence-corrected chi connectivity index (χ2v) is 6.75. The number of alkyl halides is 3. The van der Waals surface area contributed by atoms with Crippen molar-refractivity contribution in [1.82, 2.24) is 4.90 Å². The van der Waals surface area contributed by atoms with Crippen molar-refractivity contribution in [2.45, 2.75) is 25.4 Å². The number of hydrogen-bond acceptors (Lipinski definition) is 3. The Bertz CT molecular complexity index is 847. The Hall–Kier alpha value is -2.70. The molecule has 28 heavy (non-hydrogen) atoms. The van der Waals surface area contributed by atoms with Crippen LogP contribution < -0.4 is 9.47 Å². The number of carbonyl (C=O) groups excluding carboxylic acids is 1. The molecular formula is C21H22F3NO3. The van der Waals surface area contributed by atoms with Gasteiger partial charge in [-0.15, -0.1) is 0 Å². The first kappa shape index (κ1) is 20.0. The Morgan fingerprint density at radius 2 is 1.61 bits per heavy atom. The number of benzene rings is 2. The summed E-state index contributed by atoms with van der Waals surface area (Å²) in [5, 5.41) is 0. The minimum absolute atomic E-state index is 0.0479. The van der Waals surface area contributed by atoms with Gasteiger partial charge >= 0.3 is 12.1 Å². The predicted octanol–water partition coefficient (Wildman–Crippen LogP) is 3.78. The SMILES string of the molecule is COc1ccc(Cc2cc3c(cc2OC)CCN(C(=O)C(F)(F)F)CC3)cc1. The molecular weight excluding hydrogens is 371 g/mol. The standard InChI is InChI=1S/C21H22F3NO3/c1-27-18-5-3-14(4-6-18)11-17-12-15-7-9-25(20(26)21(22,23)24)10-8-16(15)13-19(17)28-2/h3-6,12-13H,7-11H2,1-2H3. The van der Waals surface area contributed by atoms with Gasteiger partial charge in [-0.2, -0.15) is 13.2 Å². The number of hydrogen-bond donors (Lipinski definition) is 0. The van der Waals surface area contributed by atoms with E-state index in [-0.39, 0.29) is 13.1 Å². The van der Waals surface area contributed by atoms with Crippen LogP contribution in [0.1, 0.15) is 22.3 Å². The number of fused-ring (bicyclic) bond motifs is 1. The number of ether oxygens (including phenoxy) is 2. The fourth-order valence-electron chi connectivity index (χ4n) is 3.48. The zero-order chi connectivity index (χ0) is 20.3. The van der Waals surface area contributed by atoms with Crippen molar-refractivity contribution in [3.63, 3.8) is 0 Å². The molecule has 0 aliphatic carbocycles. The molecule has 0 spiro atoms. The molecule has 0 saturated carbocycles. The lowest BCUT2D eigenvalue weighted by atomic mass is 9.95. The van der Waals surface area contributed by atoms with E-state index >= 15 is 0 Å². The fourth-order valence-corrected chi connectivity index (χ4v) is 3.48. The molecule has 0 saturated heterocycles. The second-order valence-electron chi connectivity index (χ2n) is 6.75. The molecule has 0 aromatic heterocycles. The van der Waals surface area contributed by atoms with Crippen LogP contribution in [0, 0.1) is 0 Å². The highest BCUT2D eigenvalue weighted by molar-refractivity contribution is 5.82. The molecule has 1 aliphatic rings. The van der Waals surface area contributed by atoms with Crippen LogP contribution in [0.5, 0.6) is 11.5 Å². The molecule has 1 amide bonds. The Morgan fingerprint density at radius 1 is 1.00 bits per heavy atom. The first-order chi connectivity index (χ1) is 13.3. The van der Waals surface area contributed by atoms with Crippen LogP contribution >= 0.6 is 0 Å². The molecule has 0 radical (unpaired) electrons. The molecule has 0 fully saturated rings. The third-order valence-corrected chi connectivity index (χ3v) is 4.99. The normalized spacial score (nSPS) is 14.2. The number of carbonyl (C=O) groups is 1. The van der Waals surface area contributed by atoms with E-state index < -0.39 is 12.1 Å². The maximum Gasteiger partial charge on any atom is 0.471 e. The molecule has 2 aromatic carbocycles. The molecule has 0 bridgehead atoms. The van der Waals surface area contributed by atoms with E-state index in [1.807, 2.05) is 36.4 Å². The third kappa shape index (κ3) is 4.40. The summed E-state index contributed by atoms with van der Waals surface area (Å²) in [6.45, 7) is 0.103. The van der Waals surface area contributed by atoms with Crippen molar-refractivity contribution in [1.29, 1.82) is 0 Å². The van der Waals surface area contributed by atoms with E-state index in [0.717, 1.165) is 32.9 Å². The average Bonchev–Trinajstić information content (AvgIpc) is 2.88. The minimum Gasteiger partial charge on any atom is -0.497 e. The van der Waals surface area contributed by atoms with E-state index in [4.69, 9.17) is 9.47 Å². The van der Waals surface area contributed by atoms with E-state index in [0.29, 0.717) is 25.0 Å². The molecule has 0 unspecified atom stereocenters. The van der Waals surface area contributed by atoms with Crippen LogP contribution in [0.3, 0.4) is 0 Å². The summed E-state index contributed by atoms with van der Waals surface area (Å²) in [6, 6.07) is 11.6. The topological polar surface area (TPSA) is 38.8 Å². The molecule has 0 N–H and O–H groups in total. The van der Waals surface area contributed by atoms with Crippen molar-refractivity contribution in [2.75, 3.05) is 27.3 Å². The number of halogens is 3. The van der Waals surface area contributed by atoms with Gasteiger partial charge in [0.2, 0.25) is 0 Å². The third-order valence-electron chi connectivity index (χ3n) is 4.99. The van der Waals surface area contributed by atoms with Crippen LogP contribution in [-0.4, -0.2) is 44.3 Å². The van der Waals surface area contributed by atoms with Crippen LogP contribution in [-0.2, 0) is 24.1 Å². The second kappa shape index (κ2) is 8.12. The zero-order valence-electron chi connectivity index (χ0n) is 15.8. The molecule has 150 valence electrons. The number of rotatable bonds is 4. The highest BCUT2D eigenvalue weighted by Gasteiger charge is 2.42. The number of amides is 1. The zero-order valence-corrected chi connectivity index (χ0v) is 15.8. The number of nitrogens with zero attached hydrogens (tertiary/aromatic N) is 1. The highest BCUT2D eigenvalue weighted by Crippen LogP contribution is 2.30. The molecule has 2 aromatic rings. The Labute approximate surface area is 161 Å². The van der Waals surface area contributed by atoms with Crippen molar-refractivity contribution >= 4 is 5.91 Å². The smallest absolute Gasteiger partial charge is 0.471 e. The molecule has 7 heteroatoms. The maximum absolute atomic E-state index is 12.8. The van der Waals surface area contributed by atoms with Crippen molar-refractivity contribution in [3.05, 3.63) is 58.7 Å². The quantitative estimate of drug-likeness (QED) is 0.794. The molecule has 4 nitrogen and oxygen atoms in total. The largest absolute Gasteiger partial charge is 0.497 e. The summed E-state index contributed by atoms with van der Waals surface area (Å²) >= 11 is 0. The van der Waals surface area contributed by atoms with E-state index in [1.54, 1.807) is 14.2 Å². The summed E-state index contributed by atoms with van der Waals surface area (Å²) in [5.74, 6) is -0.303. The summed E-state index contributed by atoms with van der Waals surface area (Å²) in [6.07, 6.45) is -3.45. The van der Waals surface area contributed by atoms with Gasteiger partial charge in [-0.25, -0.2) is 0 Å².